The molecule has 3 fully saturated rings. The first kappa shape index (κ1) is 16.9. The number of nitrogens with one attached hydrogen (secondary N) is 1. The van der Waals surface area contributed by atoms with Crippen LogP contribution in [-0.4, -0.2) is 47.1 Å². The van der Waals surface area contributed by atoms with Gasteiger partial charge in [0.05, 0.1) is 0 Å². The summed E-state index contributed by atoms with van der Waals surface area (Å²) in [4.78, 5) is 18.4. The van der Waals surface area contributed by atoms with Gasteiger partial charge in [0.2, 0.25) is 11.8 Å². The Bertz CT molecular complexity index is 830. The molecule has 2 aromatic rings. The highest BCUT2D eigenvalue weighted by molar-refractivity contribution is 5.77. The van der Waals surface area contributed by atoms with Gasteiger partial charge in [-0.2, -0.15) is 4.98 Å². The summed E-state index contributed by atoms with van der Waals surface area (Å²) in [7, 11) is 1.85. The van der Waals surface area contributed by atoms with Crippen LogP contribution < -0.4 is 5.32 Å². The molecule has 0 spiro atoms. The molecule has 0 radical (unpaired) electrons. The van der Waals surface area contributed by atoms with E-state index in [9.17, 15) is 4.79 Å². The van der Waals surface area contributed by atoms with Crippen LogP contribution in [-0.2, 0) is 10.2 Å². The molecule has 1 N–H and O–H groups in total. The quantitative estimate of drug-likeness (QED) is 0.851. The first-order valence-electron chi connectivity index (χ1n) is 10.0. The largest absolute Gasteiger partial charge is 0.346 e. The second-order valence-electron chi connectivity index (χ2n) is 8.48. The lowest BCUT2D eigenvalue weighted by atomic mass is 9.96. The third-order valence-electron chi connectivity index (χ3n) is 6.50. The van der Waals surface area contributed by atoms with Crippen LogP contribution >= 0.6 is 0 Å². The smallest absolute Gasteiger partial charge is 0.230 e. The molecule has 1 aromatic heterocycles. The number of likely N-dealkylation sites (tertiary alicyclic amines) is 1. The second kappa shape index (κ2) is 6.44. The number of carbonyl (C=O) groups is 1. The number of piperidine rings is 1. The maximum atomic E-state index is 12.0. The fourth-order valence-corrected chi connectivity index (χ4v) is 4.22. The number of rotatable bonds is 6. The lowest BCUT2D eigenvalue weighted by molar-refractivity contribution is -0.132. The van der Waals surface area contributed by atoms with Crippen molar-refractivity contribution in [3.05, 3.63) is 47.6 Å². The van der Waals surface area contributed by atoms with Gasteiger partial charge in [0, 0.05) is 49.9 Å². The summed E-state index contributed by atoms with van der Waals surface area (Å²) in [6.07, 6.45) is 4.79. The highest BCUT2D eigenvalue weighted by Crippen LogP contribution is 2.48. The third kappa shape index (κ3) is 3.27. The molecule has 0 bridgehead atoms. The Kier molecular flexibility index (Phi) is 4.04. The molecule has 142 valence electrons. The van der Waals surface area contributed by atoms with Crippen molar-refractivity contribution in [1.82, 2.24) is 20.4 Å². The Morgan fingerprint density at radius 2 is 2.11 bits per heavy atom. The molecule has 3 atom stereocenters. The van der Waals surface area contributed by atoms with E-state index in [2.05, 4.69) is 40.8 Å². The molecule has 2 saturated carbocycles. The standard InChI is InChI=1S/C21H26N4O2/c1-25-10-7-15(11-18(25)26)19-23-20(24-27-19)21(8-9-21)13-22-17-12-16(17)14-5-3-2-4-6-14/h2-6,15-17,22H,7-13H2,1H3/t15?,16-,17?/m1/s1. The van der Waals surface area contributed by atoms with Gasteiger partial charge in [-0.15, -0.1) is 0 Å². The Labute approximate surface area is 159 Å². The van der Waals surface area contributed by atoms with Gasteiger partial charge in [-0.05, 0) is 31.2 Å². The summed E-state index contributed by atoms with van der Waals surface area (Å²) in [6, 6.07) is 11.3. The second-order valence-corrected chi connectivity index (χ2v) is 8.48. The highest BCUT2D eigenvalue weighted by Gasteiger charge is 2.50. The number of aromatic nitrogens is 2. The number of nitrogens with zero attached hydrogens (tertiary/aromatic N) is 3. The summed E-state index contributed by atoms with van der Waals surface area (Å²) in [6.45, 7) is 1.67. The lowest BCUT2D eigenvalue weighted by Gasteiger charge is -2.26. The SMILES string of the molecule is CN1CCC(c2nc(C3(CNC4C[C@@H]4c4ccccc4)CC3)no2)CC1=O. The molecule has 1 saturated heterocycles. The highest BCUT2D eigenvalue weighted by atomic mass is 16.5. The van der Waals surface area contributed by atoms with Crippen LogP contribution in [0.3, 0.4) is 0 Å². The molecule has 2 aliphatic carbocycles. The Morgan fingerprint density at radius 3 is 2.85 bits per heavy atom. The minimum absolute atomic E-state index is 0.0288. The average molecular weight is 366 g/mol. The number of hydrogen-bond acceptors (Lipinski definition) is 5. The van der Waals surface area contributed by atoms with Gasteiger partial charge in [-0.1, -0.05) is 35.5 Å². The van der Waals surface area contributed by atoms with Gasteiger partial charge in [-0.3, -0.25) is 4.79 Å². The van der Waals surface area contributed by atoms with Crippen LogP contribution in [0.15, 0.2) is 34.9 Å². The van der Waals surface area contributed by atoms with Crippen LogP contribution in [0.2, 0.25) is 0 Å². The van der Waals surface area contributed by atoms with Crippen molar-refractivity contribution in [2.24, 2.45) is 0 Å². The van der Waals surface area contributed by atoms with Gasteiger partial charge in [0.15, 0.2) is 5.82 Å². The number of carbonyl (C=O) groups excluding carboxylic acids is 1. The molecule has 6 nitrogen and oxygen atoms in total. The van der Waals surface area contributed by atoms with Crippen LogP contribution in [0.5, 0.6) is 0 Å². The molecular formula is C21H26N4O2. The Morgan fingerprint density at radius 1 is 1.30 bits per heavy atom. The molecular weight excluding hydrogens is 340 g/mol. The van der Waals surface area contributed by atoms with E-state index >= 15 is 0 Å². The maximum Gasteiger partial charge on any atom is 0.230 e. The van der Waals surface area contributed by atoms with Crippen LogP contribution in [0.1, 0.15) is 61.2 Å². The molecule has 5 rings (SSSR count). The minimum Gasteiger partial charge on any atom is -0.346 e. The van der Waals surface area contributed by atoms with E-state index in [-0.39, 0.29) is 17.2 Å². The zero-order chi connectivity index (χ0) is 18.4. The van der Waals surface area contributed by atoms with Gasteiger partial charge in [-0.25, -0.2) is 0 Å². The van der Waals surface area contributed by atoms with E-state index in [1.807, 2.05) is 7.05 Å². The van der Waals surface area contributed by atoms with Crippen LogP contribution in [0.25, 0.3) is 0 Å². The predicted molar refractivity (Wildman–Crippen MR) is 100 cm³/mol. The normalized spacial score (nSPS) is 29.0. The van der Waals surface area contributed by atoms with E-state index in [4.69, 9.17) is 9.51 Å². The van der Waals surface area contributed by atoms with Crippen LogP contribution in [0.4, 0.5) is 0 Å². The summed E-state index contributed by atoms with van der Waals surface area (Å²) >= 11 is 0. The lowest BCUT2D eigenvalue weighted by Crippen LogP contribution is -2.35. The molecule has 1 aromatic carbocycles. The van der Waals surface area contributed by atoms with Crippen molar-refractivity contribution >= 4 is 5.91 Å². The fourth-order valence-electron chi connectivity index (χ4n) is 4.22. The van der Waals surface area contributed by atoms with Crippen molar-refractivity contribution in [2.75, 3.05) is 20.1 Å². The molecule has 2 unspecified atom stereocenters. The Hall–Kier alpha value is -2.21. The molecule has 27 heavy (non-hydrogen) atoms. The first-order chi connectivity index (χ1) is 13.1. The number of benzene rings is 1. The van der Waals surface area contributed by atoms with Crippen molar-refractivity contribution in [2.45, 2.75) is 55.4 Å². The van der Waals surface area contributed by atoms with E-state index in [1.165, 1.54) is 12.0 Å². The third-order valence-corrected chi connectivity index (χ3v) is 6.50. The van der Waals surface area contributed by atoms with Gasteiger partial charge < -0.3 is 14.7 Å². The van der Waals surface area contributed by atoms with Crippen LogP contribution in [0, 0.1) is 0 Å². The molecule has 1 aliphatic heterocycles. The van der Waals surface area contributed by atoms with Gasteiger partial charge in [0.25, 0.3) is 0 Å². The van der Waals surface area contributed by atoms with E-state index in [0.29, 0.717) is 24.3 Å². The molecule has 3 aliphatic rings. The monoisotopic (exact) mass is 366 g/mol. The number of amides is 1. The van der Waals surface area contributed by atoms with Gasteiger partial charge >= 0.3 is 0 Å². The summed E-state index contributed by atoms with van der Waals surface area (Å²) < 4.78 is 5.57. The van der Waals surface area contributed by atoms with Crippen molar-refractivity contribution < 1.29 is 9.32 Å². The van der Waals surface area contributed by atoms with Crippen molar-refractivity contribution in [3.8, 4) is 0 Å². The molecule has 1 amide bonds. The summed E-state index contributed by atoms with van der Waals surface area (Å²) in [5.74, 6) is 2.34. The van der Waals surface area contributed by atoms with E-state index in [0.717, 1.165) is 38.2 Å². The fraction of sp³-hybridized carbons (Fsp3) is 0.571. The first-order valence-corrected chi connectivity index (χ1v) is 10.0. The van der Waals surface area contributed by atoms with Crippen molar-refractivity contribution in [1.29, 1.82) is 0 Å². The summed E-state index contributed by atoms with van der Waals surface area (Å²) in [5.41, 5.74) is 1.45. The molecule has 2 heterocycles. The Balaban J connectivity index is 1.20. The number of hydrogen-bond donors (Lipinski definition) is 1. The zero-order valence-electron chi connectivity index (χ0n) is 15.7. The summed E-state index contributed by atoms with van der Waals surface area (Å²) in [5, 5.41) is 8.02. The van der Waals surface area contributed by atoms with E-state index < -0.39 is 0 Å². The molecule has 6 heteroatoms. The van der Waals surface area contributed by atoms with E-state index in [1.54, 1.807) is 4.90 Å². The van der Waals surface area contributed by atoms with Crippen molar-refractivity contribution in [3.63, 3.8) is 0 Å². The maximum absolute atomic E-state index is 12.0. The van der Waals surface area contributed by atoms with Gasteiger partial charge in [0.1, 0.15) is 0 Å². The zero-order valence-corrected chi connectivity index (χ0v) is 15.7. The minimum atomic E-state index is 0.0288. The topological polar surface area (TPSA) is 71.3 Å². The predicted octanol–water partition coefficient (Wildman–Crippen LogP) is 2.58. The average Bonchev–Trinajstić information content (AvgIpc) is 3.60.